The van der Waals surface area contributed by atoms with Gasteiger partial charge in [-0.05, 0) is 60.9 Å². The van der Waals surface area contributed by atoms with Gasteiger partial charge < -0.3 is 10.1 Å². The van der Waals surface area contributed by atoms with E-state index in [9.17, 15) is 15.4 Å². The van der Waals surface area contributed by atoms with E-state index in [4.69, 9.17) is 27.9 Å². The minimum atomic E-state index is -0.635. The first-order valence-corrected chi connectivity index (χ1v) is 12.8. The zero-order chi connectivity index (χ0) is 28.4. The van der Waals surface area contributed by atoms with Crippen LogP contribution in [0.25, 0.3) is 10.9 Å². The maximum absolute atomic E-state index is 12.2. The fraction of sp³-hybridized carbons (Fsp3) is 0.103. The smallest absolute Gasteiger partial charge is 0.373 e. The number of anilines is 2. The van der Waals surface area contributed by atoms with Crippen molar-refractivity contribution in [3.8, 4) is 17.7 Å². The van der Waals surface area contributed by atoms with Gasteiger partial charge in [-0.25, -0.2) is 9.97 Å². The molecule has 0 bridgehead atoms. The van der Waals surface area contributed by atoms with E-state index >= 15 is 0 Å². The Bertz CT molecular complexity index is 1810. The molecule has 0 amide bonds. The molecule has 0 aliphatic carbocycles. The standard InChI is InChI=1S/C29H20Cl2N6O3/c1-16-12-21(22(14-32)18-8-10-20(30)11-9-18)23(31)13-24(16)36-28-27(37(38)39)29(34-15-33-28)40-25-5-3-4-19-7-6-17(2)35-26(19)25/h3-13,15,22H,1-2H3,(H,33,34,36). The number of halogens is 2. The predicted molar refractivity (Wildman–Crippen MR) is 154 cm³/mol. The number of nitrogens with one attached hydrogen (secondary N) is 1. The quantitative estimate of drug-likeness (QED) is 0.154. The minimum absolute atomic E-state index is 0.0826. The highest BCUT2D eigenvalue weighted by molar-refractivity contribution is 6.32. The molecule has 11 heteroatoms. The molecule has 0 radical (unpaired) electrons. The number of hydrogen-bond acceptors (Lipinski definition) is 8. The first-order valence-electron chi connectivity index (χ1n) is 12.0. The number of aromatic nitrogens is 3. The molecule has 0 aliphatic heterocycles. The first kappa shape index (κ1) is 26.8. The van der Waals surface area contributed by atoms with Crippen molar-refractivity contribution < 1.29 is 9.66 Å². The maximum atomic E-state index is 12.2. The number of para-hydroxylation sites is 1. The number of pyridine rings is 1. The largest absolute Gasteiger partial charge is 0.431 e. The van der Waals surface area contributed by atoms with E-state index in [0.29, 0.717) is 38.1 Å². The number of ether oxygens (including phenoxy) is 1. The second-order valence-electron chi connectivity index (χ2n) is 8.94. The summed E-state index contributed by atoms with van der Waals surface area (Å²) in [6.45, 7) is 3.64. The van der Waals surface area contributed by atoms with Crippen LogP contribution in [0.2, 0.25) is 10.0 Å². The van der Waals surface area contributed by atoms with Gasteiger partial charge in [-0.15, -0.1) is 0 Å². The van der Waals surface area contributed by atoms with E-state index in [1.54, 1.807) is 55.5 Å². The summed E-state index contributed by atoms with van der Waals surface area (Å²) >= 11 is 12.6. The summed E-state index contributed by atoms with van der Waals surface area (Å²) in [6, 6.07) is 21.7. The van der Waals surface area contributed by atoms with Crippen molar-refractivity contribution >= 4 is 51.3 Å². The molecule has 0 saturated carbocycles. The van der Waals surface area contributed by atoms with Crippen LogP contribution in [0.15, 0.2) is 73.1 Å². The van der Waals surface area contributed by atoms with Gasteiger partial charge in [0, 0.05) is 26.8 Å². The normalized spacial score (nSPS) is 11.6. The third-order valence-electron chi connectivity index (χ3n) is 6.24. The van der Waals surface area contributed by atoms with Crippen LogP contribution in [0.3, 0.4) is 0 Å². The lowest BCUT2D eigenvalue weighted by Crippen LogP contribution is -2.06. The minimum Gasteiger partial charge on any atom is -0.431 e. The van der Waals surface area contributed by atoms with Gasteiger partial charge in [0.2, 0.25) is 5.82 Å². The molecule has 9 nitrogen and oxygen atoms in total. The van der Waals surface area contributed by atoms with Gasteiger partial charge in [0.1, 0.15) is 11.8 Å². The molecule has 5 aromatic rings. The molecule has 0 aliphatic rings. The third kappa shape index (κ3) is 5.36. The van der Waals surface area contributed by atoms with Gasteiger partial charge in [-0.3, -0.25) is 10.1 Å². The molecular weight excluding hydrogens is 551 g/mol. The molecule has 2 aromatic heterocycles. The van der Waals surface area contributed by atoms with Crippen molar-refractivity contribution in [3.63, 3.8) is 0 Å². The number of benzene rings is 3. The topological polar surface area (TPSA) is 127 Å². The Balaban J connectivity index is 1.51. The van der Waals surface area contributed by atoms with Crippen LogP contribution >= 0.6 is 23.2 Å². The number of hydrogen-bond donors (Lipinski definition) is 1. The molecule has 198 valence electrons. The van der Waals surface area contributed by atoms with Gasteiger partial charge in [0.15, 0.2) is 5.75 Å². The van der Waals surface area contributed by atoms with E-state index < -0.39 is 16.5 Å². The fourth-order valence-corrected chi connectivity index (χ4v) is 4.66. The average Bonchev–Trinajstić information content (AvgIpc) is 2.93. The lowest BCUT2D eigenvalue weighted by molar-refractivity contribution is -0.385. The summed E-state index contributed by atoms with van der Waals surface area (Å²) in [6.07, 6.45) is 1.17. The van der Waals surface area contributed by atoms with E-state index in [1.807, 2.05) is 25.1 Å². The van der Waals surface area contributed by atoms with Crippen molar-refractivity contribution in [2.75, 3.05) is 5.32 Å². The summed E-state index contributed by atoms with van der Waals surface area (Å²) in [5.74, 6) is -0.641. The van der Waals surface area contributed by atoms with Crippen LogP contribution in [-0.2, 0) is 0 Å². The SMILES string of the molecule is Cc1ccc2cccc(Oc3ncnc(Nc4cc(Cl)c(C(C#N)c5ccc(Cl)cc5)cc4C)c3[N+](=O)[O-])c2n1. The van der Waals surface area contributed by atoms with Crippen molar-refractivity contribution in [1.82, 2.24) is 15.0 Å². The van der Waals surface area contributed by atoms with Gasteiger partial charge in [0.05, 0.1) is 16.9 Å². The highest BCUT2D eigenvalue weighted by Gasteiger charge is 2.27. The molecule has 1 unspecified atom stereocenters. The predicted octanol–water partition coefficient (Wildman–Crippen LogP) is 8.05. The van der Waals surface area contributed by atoms with E-state index in [-0.39, 0.29) is 11.7 Å². The Hall–Kier alpha value is -4.78. The number of fused-ring (bicyclic) bond motifs is 1. The van der Waals surface area contributed by atoms with E-state index in [0.717, 1.165) is 16.6 Å². The zero-order valence-corrected chi connectivity index (χ0v) is 22.7. The lowest BCUT2D eigenvalue weighted by atomic mass is 9.91. The molecular formula is C29H20Cl2N6O3. The van der Waals surface area contributed by atoms with E-state index in [2.05, 4.69) is 26.3 Å². The highest BCUT2D eigenvalue weighted by Crippen LogP contribution is 2.39. The maximum Gasteiger partial charge on any atom is 0.373 e. The van der Waals surface area contributed by atoms with Crippen molar-refractivity contribution in [2.45, 2.75) is 19.8 Å². The van der Waals surface area contributed by atoms with E-state index in [1.165, 1.54) is 6.33 Å². The van der Waals surface area contributed by atoms with Crippen molar-refractivity contribution in [2.24, 2.45) is 0 Å². The summed E-state index contributed by atoms with van der Waals surface area (Å²) in [4.78, 5) is 24.2. The molecule has 1 N–H and O–H groups in total. The molecule has 2 heterocycles. The van der Waals surface area contributed by atoms with Crippen LogP contribution in [0.4, 0.5) is 17.2 Å². The average molecular weight is 571 g/mol. The number of aryl methyl sites for hydroxylation is 2. The highest BCUT2D eigenvalue weighted by atomic mass is 35.5. The summed E-state index contributed by atoms with van der Waals surface area (Å²) in [5, 5.41) is 26.7. The third-order valence-corrected chi connectivity index (χ3v) is 6.82. The van der Waals surface area contributed by atoms with Gasteiger partial charge in [0.25, 0.3) is 0 Å². The second kappa shape index (κ2) is 11.1. The molecule has 0 fully saturated rings. The summed E-state index contributed by atoms with van der Waals surface area (Å²) < 4.78 is 5.93. The van der Waals surface area contributed by atoms with Crippen LogP contribution in [0, 0.1) is 35.3 Å². The molecule has 40 heavy (non-hydrogen) atoms. The Morgan fingerprint density at radius 1 is 1.05 bits per heavy atom. The van der Waals surface area contributed by atoms with Crippen LogP contribution in [0.1, 0.15) is 28.3 Å². The number of rotatable bonds is 7. The number of nitrogens with zero attached hydrogens (tertiary/aromatic N) is 5. The number of nitro groups is 1. The lowest BCUT2D eigenvalue weighted by Gasteiger charge is -2.16. The Labute approximate surface area is 239 Å². The number of nitriles is 1. The monoisotopic (exact) mass is 570 g/mol. The van der Waals surface area contributed by atoms with Crippen LogP contribution in [-0.4, -0.2) is 19.9 Å². The Morgan fingerprint density at radius 2 is 1.82 bits per heavy atom. The molecule has 5 rings (SSSR count). The van der Waals surface area contributed by atoms with Crippen molar-refractivity contribution in [3.05, 3.63) is 116 Å². The molecule has 3 aromatic carbocycles. The molecule has 0 saturated heterocycles. The molecule has 0 spiro atoms. The first-order chi connectivity index (χ1) is 19.2. The Kier molecular flexibility index (Phi) is 7.47. The van der Waals surface area contributed by atoms with Crippen molar-refractivity contribution in [1.29, 1.82) is 5.26 Å². The van der Waals surface area contributed by atoms with Gasteiger partial charge in [-0.2, -0.15) is 10.2 Å². The second-order valence-corrected chi connectivity index (χ2v) is 9.79. The summed E-state index contributed by atoms with van der Waals surface area (Å²) in [7, 11) is 0. The zero-order valence-electron chi connectivity index (χ0n) is 21.2. The van der Waals surface area contributed by atoms with Crippen LogP contribution < -0.4 is 10.1 Å². The summed E-state index contributed by atoms with van der Waals surface area (Å²) in [5.41, 5.74) is 3.36. The molecule has 1 atom stereocenters. The van der Waals surface area contributed by atoms with Gasteiger partial charge >= 0.3 is 11.6 Å². The fourth-order valence-electron chi connectivity index (χ4n) is 4.26. The van der Waals surface area contributed by atoms with Crippen LogP contribution in [0.5, 0.6) is 11.6 Å². The Morgan fingerprint density at radius 3 is 2.55 bits per heavy atom. The van der Waals surface area contributed by atoms with Gasteiger partial charge in [-0.1, -0.05) is 59.6 Å².